The molecule has 46 heavy (non-hydrogen) atoms. The molecule has 10 nitrogen and oxygen atoms in total. The minimum Gasteiger partial charge on any atom is -0.859 e. The van der Waals surface area contributed by atoms with Gasteiger partial charge in [-0.05, 0) is 60.0 Å². The number of carboxylic acids is 2. The Morgan fingerprint density at radius 1 is 0.717 bits per heavy atom. The Kier molecular flexibility index (Phi) is 25.0. The van der Waals surface area contributed by atoms with Gasteiger partial charge in [-0.3, -0.25) is 9.98 Å². The van der Waals surface area contributed by atoms with Crippen molar-refractivity contribution in [1.29, 1.82) is 0 Å². The summed E-state index contributed by atoms with van der Waals surface area (Å²) in [5.74, 6) is -2.70. The van der Waals surface area contributed by atoms with Crippen molar-refractivity contribution in [2.24, 2.45) is 9.98 Å². The van der Waals surface area contributed by atoms with E-state index in [1.807, 2.05) is 0 Å². The zero-order valence-corrected chi connectivity index (χ0v) is 32.4. The second-order valence-electron chi connectivity index (χ2n) is 9.42. The van der Waals surface area contributed by atoms with Crippen LogP contribution in [0.5, 0.6) is 11.5 Å². The molecule has 0 saturated heterocycles. The minimum atomic E-state index is -1.33. The van der Waals surface area contributed by atoms with Gasteiger partial charge >= 0.3 is 71.1 Å². The Labute approximate surface area is 322 Å². The van der Waals surface area contributed by atoms with Crippen molar-refractivity contribution >= 4 is 57.5 Å². The van der Waals surface area contributed by atoms with Gasteiger partial charge in [0.25, 0.3) is 0 Å². The second kappa shape index (κ2) is 26.1. The number of hydrogen-bond acceptors (Lipinski definition) is 10. The number of nitrogens with zero attached hydrogens (tertiary/aromatic N) is 2. The van der Waals surface area contributed by atoms with Crippen molar-refractivity contribution in [3.8, 4) is 11.5 Å². The maximum Gasteiger partial charge on any atom is 1.00 e. The predicted molar refractivity (Wildman–Crippen MR) is 174 cm³/mol. The van der Waals surface area contributed by atoms with Gasteiger partial charge in [0.2, 0.25) is 0 Å². The van der Waals surface area contributed by atoms with Gasteiger partial charge in [0, 0.05) is 11.5 Å². The molecule has 2 rings (SSSR count). The van der Waals surface area contributed by atoms with Crippen LogP contribution in [0, 0.1) is 0 Å². The van der Waals surface area contributed by atoms with E-state index in [1.54, 1.807) is 48.5 Å². The third-order valence-electron chi connectivity index (χ3n) is 5.80. The number of benzene rings is 2. The quantitative estimate of drug-likeness (QED) is 0.0524. The van der Waals surface area contributed by atoms with Gasteiger partial charge in [-0.1, -0.05) is 96.8 Å². The summed E-state index contributed by atoms with van der Waals surface area (Å²) in [4.78, 5) is 30.7. The van der Waals surface area contributed by atoms with Crippen molar-refractivity contribution in [2.75, 3.05) is 24.7 Å². The van der Waals surface area contributed by atoms with Crippen LogP contribution in [0.3, 0.4) is 0 Å². The topological polar surface area (TPSA) is 164 Å². The van der Waals surface area contributed by atoms with Crippen LogP contribution >= 0.6 is 21.6 Å². The maximum atomic E-state index is 12.3. The van der Waals surface area contributed by atoms with Gasteiger partial charge in [0.05, 0.1) is 13.2 Å². The summed E-state index contributed by atoms with van der Waals surface area (Å²) in [6.45, 7) is 5.41. The second-order valence-corrected chi connectivity index (χ2v) is 12.0. The molecule has 0 saturated carbocycles. The molecule has 0 bridgehead atoms. The normalized spacial score (nSPS) is 13.1. The number of carboxylic acid groups (broad SMARTS) is 2. The molecule has 2 N–H and O–H groups in total. The number of unbranched alkanes of at least 4 members (excludes halogenated alkanes) is 2. The molecule has 0 aliphatic rings. The SMILES string of the molecule is CCCCOc1ccc(/C=C/C([O-])=N[C@@H](CSSC[C@H](N=C([O-])/C=C/c2ccc(OCCCC)cc2)C(=O)O)C(=O)O)cc1.[Na+].[Na+]. The summed E-state index contributed by atoms with van der Waals surface area (Å²) in [6, 6.07) is 11.6. The molecule has 0 fully saturated rings. The average molecular weight is 689 g/mol. The molecular formula is C32H38N2Na2O8S2. The Bertz CT molecular complexity index is 1190. The van der Waals surface area contributed by atoms with Gasteiger partial charge in [0.1, 0.15) is 11.5 Å². The maximum absolute atomic E-state index is 12.3. The van der Waals surface area contributed by atoms with E-state index in [0.29, 0.717) is 13.2 Å². The van der Waals surface area contributed by atoms with Gasteiger partial charge in [-0.15, -0.1) is 0 Å². The van der Waals surface area contributed by atoms with Crippen LogP contribution < -0.4 is 78.8 Å². The molecule has 14 heteroatoms. The number of aliphatic carboxylic acids is 2. The molecule has 0 aromatic heterocycles. The van der Waals surface area contributed by atoms with E-state index in [0.717, 1.165) is 69.9 Å². The van der Waals surface area contributed by atoms with Gasteiger partial charge in [0.15, 0.2) is 12.1 Å². The first-order valence-corrected chi connectivity index (χ1v) is 16.7. The predicted octanol–water partition coefficient (Wildman–Crippen LogP) is -1.42. The Balaban J connectivity index is 0.0000101. The average Bonchev–Trinajstić information content (AvgIpc) is 3.01. The van der Waals surface area contributed by atoms with Crippen LogP contribution in [0.15, 0.2) is 70.7 Å². The summed E-state index contributed by atoms with van der Waals surface area (Å²) < 4.78 is 11.2. The molecule has 0 amide bonds. The summed E-state index contributed by atoms with van der Waals surface area (Å²) in [5, 5.41) is 43.5. The molecular weight excluding hydrogens is 650 g/mol. The van der Waals surface area contributed by atoms with E-state index in [1.165, 1.54) is 24.3 Å². The van der Waals surface area contributed by atoms with Crippen molar-refractivity contribution in [2.45, 2.75) is 51.6 Å². The number of carbonyl (C=O) groups is 2. The first-order valence-electron chi connectivity index (χ1n) is 14.2. The molecule has 0 radical (unpaired) electrons. The zero-order chi connectivity index (χ0) is 32.2. The molecule has 2 aromatic carbocycles. The van der Waals surface area contributed by atoms with Crippen LogP contribution in [0.4, 0.5) is 0 Å². The molecule has 0 aliphatic carbocycles. The zero-order valence-electron chi connectivity index (χ0n) is 26.8. The summed E-state index contributed by atoms with van der Waals surface area (Å²) in [5.41, 5.74) is 1.46. The summed E-state index contributed by atoms with van der Waals surface area (Å²) >= 11 is 0. The van der Waals surface area contributed by atoms with Gasteiger partial charge in [-0.25, -0.2) is 9.59 Å². The van der Waals surface area contributed by atoms with Crippen molar-refractivity contribution in [3.05, 3.63) is 71.8 Å². The van der Waals surface area contributed by atoms with Crippen LogP contribution in [0.2, 0.25) is 0 Å². The van der Waals surface area contributed by atoms with Gasteiger partial charge < -0.3 is 29.9 Å². The van der Waals surface area contributed by atoms with E-state index in [9.17, 15) is 30.0 Å². The number of hydrogen-bond donors (Lipinski definition) is 2. The fourth-order valence-electron chi connectivity index (χ4n) is 3.30. The van der Waals surface area contributed by atoms with E-state index < -0.39 is 35.8 Å². The number of aliphatic imine (C=N–C) groups is 2. The third-order valence-corrected chi connectivity index (χ3v) is 8.19. The van der Waals surface area contributed by atoms with E-state index in [2.05, 4.69) is 23.8 Å². The molecule has 0 spiro atoms. The molecule has 0 unspecified atom stereocenters. The van der Waals surface area contributed by atoms with E-state index in [-0.39, 0.29) is 70.6 Å². The monoisotopic (exact) mass is 688 g/mol. The van der Waals surface area contributed by atoms with Crippen molar-refractivity contribution in [3.63, 3.8) is 0 Å². The van der Waals surface area contributed by atoms with Crippen LogP contribution in [-0.4, -0.2) is 70.8 Å². The third kappa shape index (κ3) is 19.0. The standard InChI is InChI=1S/C32H40N2O8S2.2Na/c1-3-5-19-41-25-13-7-23(8-14-25)11-17-29(35)33-27(31(37)38)21-43-44-22-28(32(39)40)34-30(36)18-12-24-9-15-26(16-10-24)42-20-6-4-2;;/h7-18,27-28H,3-6,19-22H2,1-2H3,(H,33,35)(H,34,36)(H,37,38)(H,39,40);;/q;2*+1/p-2/b17-11+,18-12+;;/t27-,28-;;/m0../s1. The Hall–Kier alpha value is -1.90. The fourth-order valence-corrected chi connectivity index (χ4v) is 5.54. The minimum absolute atomic E-state index is 0. The van der Waals surface area contributed by atoms with E-state index in [4.69, 9.17) is 9.47 Å². The summed E-state index contributed by atoms with van der Waals surface area (Å²) in [7, 11) is 2.07. The Morgan fingerprint density at radius 3 is 1.37 bits per heavy atom. The number of rotatable bonds is 21. The summed E-state index contributed by atoms with van der Waals surface area (Å²) in [6.07, 6.45) is 9.42. The van der Waals surface area contributed by atoms with Gasteiger partial charge in [-0.2, -0.15) is 0 Å². The first kappa shape index (κ1) is 44.1. The molecule has 2 aromatic rings. The molecule has 0 aliphatic heterocycles. The molecule has 0 heterocycles. The van der Waals surface area contributed by atoms with E-state index >= 15 is 0 Å². The van der Waals surface area contributed by atoms with Crippen molar-refractivity contribution < 1.29 is 98.6 Å². The molecule has 238 valence electrons. The van der Waals surface area contributed by atoms with Crippen LogP contribution in [0.1, 0.15) is 50.7 Å². The smallest absolute Gasteiger partial charge is 0.859 e. The first-order chi connectivity index (χ1) is 21.2. The fraction of sp³-hybridized carbons (Fsp3) is 0.375. The van der Waals surface area contributed by atoms with Crippen LogP contribution in [-0.2, 0) is 9.59 Å². The number of ether oxygens (including phenoxy) is 2. The van der Waals surface area contributed by atoms with Crippen LogP contribution in [0.25, 0.3) is 12.2 Å². The molecule has 2 atom stereocenters. The van der Waals surface area contributed by atoms with Crippen molar-refractivity contribution in [1.82, 2.24) is 0 Å². The Morgan fingerprint density at radius 2 is 1.07 bits per heavy atom. The largest absolute Gasteiger partial charge is 1.00 e.